The third-order valence-corrected chi connectivity index (χ3v) is 2.79. The number of H-pyrrole nitrogens is 1. The zero-order valence-electron chi connectivity index (χ0n) is 9.69. The highest BCUT2D eigenvalue weighted by Gasteiger charge is 2.18. The lowest BCUT2D eigenvalue weighted by Gasteiger charge is -2.28. The molecule has 0 bridgehead atoms. The number of ether oxygens (including phenoxy) is 1. The summed E-state index contributed by atoms with van der Waals surface area (Å²) < 4.78 is 5.71. The Labute approximate surface area is 94.5 Å². The van der Waals surface area contributed by atoms with Crippen molar-refractivity contribution >= 4 is 0 Å². The van der Waals surface area contributed by atoms with Gasteiger partial charge in [-0.15, -0.1) is 0 Å². The Hall–Kier alpha value is -1.36. The van der Waals surface area contributed by atoms with E-state index in [1.54, 1.807) is 6.92 Å². The highest BCUT2D eigenvalue weighted by atomic mass is 16.5. The van der Waals surface area contributed by atoms with E-state index in [4.69, 9.17) is 4.74 Å². The number of aryl methyl sites for hydroxylation is 1. The Morgan fingerprint density at radius 3 is 2.81 bits per heavy atom. The van der Waals surface area contributed by atoms with Gasteiger partial charge in [-0.3, -0.25) is 4.79 Å². The maximum atomic E-state index is 11.2. The molecule has 1 aromatic rings. The molecule has 0 aromatic carbocycles. The second kappa shape index (κ2) is 4.65. The predicted molar refractivity (Wildman–Crippen MR) is 60.7 cm³/mol. The largest absolute Gasteiger partial charge is 0.474 e. The summed E-state index contributed by atoms with van der Waals surface area (Å²) in [6, 6.07) is 1.41. The lowest BCUT2D eigenvalue weighted by molar-refractivity contribution is 0.109. The summed E-state index contributed by atoms with van der Waals surface area (Å²) in [5, 5.41) is 0. The minimum absolute atomic E-state index is 0.157. The average Bonchev–Trinajstić information content (AvgIpc) is 2.20. The molecule has 0 saturated carbocycles. The van der Waals surface area contributed by atoms with Crippen LogP contribution in [0.3, 0.4) is 0 Å². The van der Waals surface area contributed by atoms with Gasteiger partial charge in [0.15, 0.2) is 0 Å². The van der Waals surface area contributed by atoms with E-state index in [2.05, 4.69) is 21.9 Å². The van der Waals surface area contributed by atoms with Gasteiger partial charge in [0, 0.05) is 13.1 Å². The van der Waals surface area contributed by atoms with E-state index in [0.717, 1.165) is 25.9 Å². The Morgan fingerprint density at radius 1 is 1.50 bits per heavy atom. The molecule has 0 radical (unpaired) electrons. The Morgan fingerprint density at radius 2 is 2.19 bits per heavy atom. The van der Waals surface area contributed by atoms with Crippen LogP contribution in [0.2, 0.25) is 0 Å². The topological polar surface area (TPSA) is 58.2 Å². The summed E-state index contributed by atoms with van der Waals surface area (Å²) in [7, 11) is 2.10. The monoisotopic (exact) mass is 223 g/mol. The number of rotatable bonds is 2. The van der Waals surface area contributed by atoms with Gasteiger partial charge in [-0.1, -0.05) is 0 Å². The molecule has 0 atom stereocenters. The van der Waals surface area contributed by atoms with E-state index in [1.807, 2.05) is 0 Å². The van der Waals surface area contributed by atoms with Crippen molar-refractivity contribution in [2.75, 3.05) is 20.1 Å². The van der Waals surface area contributed by atoms with Crippen LogP contribution in [0.1, 0.15) is 18.7 Å². The van der Waals surface area contributed by atoms with E-state index in [0.29, 0.717) is 11.7 Å². The number of nitrogens with zero attached hydrogens (tertiary/aromatic N) is 2. The molecular formula is C11H17N3O2. The fourth-order valence-electron chi connectivity index (χ4n) is 1.89. The van der Waals surface area contributed by atoms with Crippen LogP contribution in [0.4, 0.5) is 0 Å². The quantitative estimate of drug-likeness (QED) is 0.795. The molecule has 5 nitrogen and oxygen atoms in total. The molecule has 88 valence electrons. The van der Waals surface area contributed by atoms with Gasteiger partial charge in [0.1, 0.15) is 11.9 Å². The van der Waals surface area contributed by atoms with Crippen LogP contribution in [0, 0.1) is 6.92 Å². The molecule has 1 aliphatic rings. The van der Waals surface area contributed by atoms with Crippen molar-refractivity contribution in [3.05, 3.63) is 22.2 Å². The third-order valence-electron chi connectivity index (χ3n) is 2.79. The predicted octanol–water partition coefficient (Wildman–Crippen LogP) is 0.551. The smallest absolute Gasteiger partial charge is 0.254 e. The van der Waals surface area contributed by atoms with Crippen molar-refractivity contribution in [2.45, 2.75) is 25.9 Å². The number of aromatic amines is 1. The first-order valence-corrected chi connectivity index (χ1v) is 5.56. The lowest BCUT2D eigenvalue weighted by Crippen LogP contribution is -2.36. The summed E-state index contributed by atoms with van der Waals surface area (Å²) in [6.07, 6.45) is 2.17. The van der Waals surface area contributed by atoms with Crippen molar-refractivity contribution in [1.29, 1.82) is 0 Å². The number of hydrogen-bond acceptors (Lipinski definition) is 4. The Kier molecular flexibility index (Phi) is 3.24. The van der Waals surface area contributed by atoms with Crippen LogP contribution in [0.25, 0.3) is 0 Å². The molecule has 0 amide bonds. The first-order valence-electron chi connectivity index (χ1n) is 5.56. The molecule has 0 aliphatic carbocycles. The summed E-state index contributed by atoms with van der Waals surface area (Å²) in [5.41, 5.74) is -0.157. The van der Waals surface area contributed by atoms with Gasteiger partial charge in [0.25, 0.3) is 5.56 Å². The SMILES string of the molecule is Cc1nc(OC2CCN(C)CC2)cc(=O)[nH]1. The van der Waals surface area contributed by atoms with Crippen molar-refractivity contribution in [3.63, 3.8) is 0 Å². The average molecular weight is 223 g/mol. The summed E-state index contributed by atoms with van der Waals surface area (Å²) in [5.74, 6) is 1.03. The first kappa shape index (κ1) is 11.1. The minimum Gasteiger partial charge on any atom is -0.474 e. The molecule has 2 rings (SSSR count). The number of aromatic nitrogens is 2. The Balaban J connectivity index is 2.01. The molecule has 1 fully saturated rings. The van der Waals surface area contributed by atoms with Crippen molar-refractivity contribution in [2.24, 2.45) is 0 Å². The van der Waals surface area contributed by atoms with Gasteiger partial charge in [-0.05, 0) is 26.8 Å². The third kappa shape index (κ3) is 2.82. The standard InChI is InChI=1S/C11H17N3O2/c1-8-12-10(15)7-11(13-8)16-9-3-5-14(2)6-4-9/h7,9H,3-6H2,1-2H3,(H,12,13,15). The summed E-state index contributed by atoms with van der Waals surface area (Å²) >= 11 is 0. The molecule has 1 saturated heterocycles. The van der Waals surface area contributed by atoms with Gasteiger partial charge in [-0.2, -0.15) is 0 Å². The highest BCUT2D eigenvalue weighted by molar-refractivity contribution is 5.08. The van der Waals surface area contributed by atoms with Gasteiger partial charge in [0.2, 0.25) is 5.88 Å². The normalized spacial score (nSPS) is 18.6. The molecule has 0 spiro atoms. The summed E-state index contributed by atoms with van der Waals surface area (Å²) in [4.78, 5) is 20.3. The van der Waals surface area contributed by atoms with Crippen LogP contribution in [-0.4, -0.2) is 41.1 Å². The van der Waals surface area contributed by atoms with Gasteiger partial charge >= 0.3 is 0 Å². The number of likely N-dealkylation sites (tertiary alicyclic amines) is 1. The van der Waals surface area contributed by atoms with Crippen LogP contribution in [-0.2, 0) is 0 Å². The van der Waals surface area contributed by atoms with E-state index in [-0.39, 0.29) is 11.7 Å². The Bertz CT molecular complexity index is 408. The zero-order valence-corrected chi connectivity index (χ0v) is 9.69. The second-order valence-corrected chi connectivity index (χ2v) is 4.29. The van der Waals surface area contributed by atoms with Crippen LogP contribution in [0.15, 0.2) is 10.9 Å². The number of nitrogens with one attached hydrogen (secondary N) is 1. The fraction of sp³-hybridized carbons (Fsp3) is 0.636. The van der Waals surface area contributed by atoms with E-state index in [1.165, 1.54) is 6.07 Å². The first-order chi connectivity index (χ1) is 7.63. The molecule has 1 aliphatic heterocycles. The molecule has 1 aromatic heterocycles. The molecule has 0 unspecified atom stereocenters. The number of piperidine rings is 1. The molecule has 1 N–H and O–H groups in total. The maximum Gasteiger partial charge on any atom is 0.254 e. The fourth-order valence-corrected chi connectivity index (χ4v) is 1.89. The highest BCUT2D eigenvalue weighted by Crippen LogP contribution is 2.14. The number of hydrogen-bond donors (Lipinski definition) is 1. The minimum atomic E-state index is -0.157. The van der Waals surface area contributed by atoms with E-state index >= 15 is 0 Å². The van der Waals surface area contributed by atoms with E-state index in [9.17, 15) is 4.79 Å². The van der Waals surface area contributed by atoms with Crippen LogP contribution in [0.5, 0.6) is 5.88 Å². The second-order valence-electron chi connectivity index (χ2n) is 4.29. The maximum absolute atomic E-state index is 11.2. The van der Waals surface area contributed by atoms with Crippen molar-refractivity contribution < 1.29 is 4.74 Å². The van der Waals surface area contributed by atoms with Crippen molar-refractivity contribution in [3.8, 4) is 5.88 Å². The molecule has 16 heavy (non-hydrogen) atoms. The van der Waals surface area contributed by atoms with E-state index < -0.39 is 0 Å². The molecular weight excluding hydrogens is 206 g/mol. The van der Waals surface area contributed by atoms with Gasteiger partial charge < -0.3 is 14.6 Å². The van der Waals surface area contributed by atoms with Gasteiger partial charge in [-0.25, -0.2) is 4.98 Å². The zero-order chi connectivity index (χ0) is 11.5. The van der Waals surface area contributed by atoms with Crippen LogP contribution < -0.4 is 10.3 Å². The van der Waals surface area contributed by atoms with Crippen molar-refractivity contribution in [1.82, 2.24) is 14.9 Å². The van der Waals surface area contributed by atoms with Gasteiger partial charge in [0.05, 0.1) is 6.07 Å². The summed E-state index contributed by atoms with van der Waals surface area (Å²) in [6.45, 7) is 3.82. The van der Waals surface area contributed by atoms with Crippen LogP contribution >= 0.6 is 0 Å². The molecule has 5 heteroatoms. The lowest BCUT2D eigenvalue weighted by atomic mass is 10.1. The molecule has 2 heterocycles.